The first-order valence-corrected chi connectivity index (χ1v) is 4.25. The fourth-order valence-corrected chi connectivity index (χ4v) is 0.845. The first-order chi connectivity index (χ1) is 6.26. The summed E-state index contributed by atoms with van der Waals surface area (Å²) < 4.78 is 9.93. The maximum Gasteiger partial charge on any atom is 0.251 e. The smallest absolute Gasteiger partial charge is 0.251 e. The van der Waals surface area contributed by atoms with Crippen LogP contribution in [0.15, 0.2) is 0 Å². The van der Waals surface area contributed by atoms with Gasteiger partial charge in [0.2, 0.25) is 0 Å². The third-order valence-electron chi connectivity index (χ3n) is 1.39. The average Bonchev–Trinajstić information content (AvgIpc) is 2.14. The quantitative estimate of drug-likeness (QED) is 0.550. The van der Waals surface area contributed by atoms with Crippen LogP contribution in [0.1, 0.15) is 6.92 Å². The van der Waals surface area contributed by atoms with E-state index in [2.05, 4.69) is 5.32 Å². The van der Waals surface area contributed by atoms with E-state index < -0.39 is 6.10 Å². The number of hydrogen-bond donors (Lipinski definition) is 2. The molecule has 1 atom stereocenters. The third kappa shape index (κ3) is 5.57. The Labute approximate surface area is 78.0 Å². The van der Waals surface area contributed by atoms with E-state index in [-0.39, 0.29) is 25.7 Å². The van der Waals surface area contributed by atoms with E-state index in [4.69, 9.17) is 14.6 Å². The number of rotatable bonds is 7. The van der Waals surface area contributed by atoms with Crippen molar-refractivity contribution < 1.29 is 19.4 Å². The Morgan fingerprint density at radius 3 is 2.77 bits per heavy atom. The van der Waals surface area contributed by atoms with Gasteiger partial charge in [0.15, 0.2) is 6.10 Å². The van der Waals surface area contributed by atoms with Crippen LogP contribution in [0.2, 0.25) is 0 Å². The van der Waals surface area contributed by atoms with Crippen LogP contribution in [0.3, 0.4) is 0 Å². The molecule has 1 unspecified atom stereocenters. The molecule has 2 N–H and O–H groups in total. The summed E-state index contributed by atoms with van der Waals surface area (Å²) in [6, 6.07) is 0. The van der Waals surface area contributed by atoms with E-state index in [0.717, 1.165) is 0 Å². The lowest BCUT2D eigenvalue weighted by molar-refractivity contribution is -0.136. The lowest BCUT2D eigenvalue weighted by Gasteiger charge is -2.15. The largest absolute Gasteiger partial charge is 0.395 e. The zero-order valence-electron chi connectivity index (χ0n) is 8.08. The standard InChI is InChI=1S/C8H17NO4/c1-3-13-7(6-12-2)8(11)9-4-5-10/h7,10H,3-6H2,1-2H3,(H,9,11). The van der Waals surface area contributed by atoms with Gasteiger partial charge < -0.3 is 19.9 Å². The summed E-state index contributed by atoms with van der Waals surface area (Å²) in [6.07, 6.45) is -0.582. The number of carbonyl (C=O) groups excluding carboxylic acids is 1. The van der Waals surface area contributed by atoms with Gasteiger partial charge in [0.05, 0.1) is 13.2 Å². The maximum atomic E-state index is 11.3. The second kappa shape index (κ2) is 7.97. The van der Waals surface area contributed by atoms with Crippen LogP contribution < -0.4 is 5.32 Å². The summed E-state index contributed by atoms with van der Waals surface area (Å²) in [5.41, 5.74) is 0. The normalized spacial score (nSPS) is 12.5. The molecule has 5 nitrogen and oxygen atoms in total. The molecule has 0 aromatic rings. The molecule has 0 aromatic carbocycles. The topological polar surface area (TPSA) is 67.8 Å². The molecule has 0 aliphatic rings. The molecule has 5 heteroatoms. The van der Waals surface area contributed by atoms with Crippen molar-refractivity contribution in [1.82, 2.24) is 5.32 Å². The molecule has 0 saturated carbocycles. The summed E-state index contributed by atoms with van der Waals surface area (Å²) in [7, 11) is 1.51. The van der Waals surface area contributed by atoms with Gasteiger partial charge in [0, 0.05) is 20.3 Å². The molecule has 0 aliphatic carbocycles. The molecule has 0 spiro atoms. The number of carbonyl (C=O) groups is 1. The van der Waals surface area contributed by atoms with Crippen molar-refractivity contribution in [1.29, 1.82) is 0 Å². The molecular formula is C8H17NO4. The SMILES string of the molecule is CCOC(COC)C(=O)NCCO. The summed E-state index contributed by atoms with van der Waals surface area (Å²) in [6.45, 7) is 2.66. The van der Waals surface area contributed by atoms with Crippen molar-refractivity contribution >= 4 is 5.91 Å². The van der Waals surface area contributed by atoms with Gasteiger partial charge in [0.1, 0.15) is 0 Å². The number of amides is 1. The predicted octanol–water partition coefficient (Wildman–Crippen LogP) is -0.854. The minimum absolute atomic E-state index is 0.0719. The van der Waals surface area contributed by atoms with Gasteiger partial charge in [0.25, 0.3) is 5.91 Å². The van der Waals surface area contributed by atoms with Gasteiger partial charge in [-0.25, -0.2) is 0 Å². The Kier molecular flexibility index (Phi) is 7.57. The van der Waals surface area contributed by atoms with Gasteiger partial charge >= 0.3 is 0 Å². The molecule has 0 aromatic heterocycles. The Balaban J connectivity index is 3.80. The minimum Gasteiger partial charge on any atom is -0.395 e. The van der Waals surface area contributed by atoms with E-state index in [1.54, 1.807) is 0 Å². The Morgan fingerprint density at radius 2 is 2.31 bits per heavy atom. The van der Waals surface area contributed by atoms with E-state index >= 15 is 0 Å². The molecule has 0 heterocycles. The van der Waals surface area contributed by atoms with Crippen molar-refractivity contribution in [2.75, 3.05) is 33.5 Å². The van der Waals surface area contributed by atoms with Crippen LogP contribution in [0.4, 0.5) is 0 Å². The van der Waals surface area contributed by atoms with E-state index in [0.29, 0.717) is 6.61 Å². The van der Waals surface area contributed by atoms with Crippen LogP contribution >= 0.6 is 0 Å². The molecule has 0 rings (SSSR count). The number of ether oxygens (including phenoxy) is 2. The molecule has 0 saturated heterocycles. The van der Waals surface area contributed by atoms with Gasteiger partial charge in [-0.15, -0.1) is 0 Å². The molecule has 0 aliphatic heterocycles. The predicted molar refractivity (Wildman–Crippen MR) is 47.4 cm³/mol. The highest BCUT2D eigenvalue weighted by Gasteiger charge is 2.17. The molecular weight excluding hydrogens is 174 g/mol. The van der Waals surface area contributed by atoms with Gasteiger partial charge in [-0.05, 0) is 6.92 Å². The number of nitrogens with one attached hydrogen (secondary N) is 1. The van der Waals surface area contributed by atoms with E-state index in [1.807, 2.05) is 6.92 Å². The lowest BCUT2D eigenvalue weighted by atomic mass is 10.3. The highest BCUT2D eigenvalue weighted by atomic mass is 16.5. The van der Waals surface area contributed by atoms with Crippen molar-refractivity contribution in [2.24, 2.45) is 0 Å². The Hall–Kier alpha value is -0.650. The first-order valence-electron chi connectivity index (χ1n) is 4.25. The molecule has 0 radical (unpaired) electrons. The van der Waals surface area contributed by atoms with Crippen molar-refractivity contribution in [3.63, 3.8) is 0 Å². The van der Waals surface area contributed by atoms with Crippen LogP contribution in [-0.2, 0) is 14.3 Å². The molecule has 1 amide bonds. The third-order valence-corrected chi connectivity index (χ3v) is 1.39. The second-order valence-electron chi connectivity index (χ2n) is 2.41. The summed E-state index contributed by atoms with van der Waals surface area (Å²) in [5, 5.41) is 11.0. The number of methoxy groups -OCH3 is 1. The van der Waals surface area contributed by atoms with Crippen molar-refractivity contribution in [2.45, 2.75) is 13.0 Å². The fraction of sp³-hybridized carbons (Fsp3) is 0.875. The summed E-state index contributed by atoms with van der Waals surface area (Å²) in [5.74, 6) is -0.252. The van der Waals surface area contributed by atoms with Crippen LogP contribution in [-0.4, -0.2) is 50.6 Å². The fourth-order valence-electron chi connectivity index (χ4n) is 0.845. The highest BCUT2D eigenvalue weighted by molar-refractivity contribution is 5.80. The average molecular weight is 191 g/mol. The van der Waals surface area contributed by atoms with E-state index in [9.17, 15) is 4.79 Å². The lowest BCUT2D eigenvalue weighted by Crippen LogP contribution is -2.40. The minimum atomic E-state index is -0.582. The van der Waals surface area contributed by atoms with Gasteiger partial charge in [-0.2, -0.15) is 0 Å². The number of aliphatic hydroxyl groups excluding tert-OH is 1. The van der Waals surface area contributed by atoms with Crippen molar-refractivity contribution in [3.8, 4) is 0 Å². The maximum absolute atomic E-state index is 11.3. The molecule has 13 heavy (non-hydrogen) atoms. The molecule has 78 valence electrons. The van der Waals surface area contributed by atoms with Crippen LogP contribution in [0, 0.1) is 0 Å². The molecule has 0 bridgehead atoms. The van der Waals surface area contributed by atoms with Crippen molar-refractivity contribution in [3.05, 3.63) is 0 Å². The summed E-state index contributed by atoms with van der Waals surface area (Å²) >= 11 is 0. The zero-order chi connectivity index (χ0) is 10.1. The van der Waals surface area contributed by atoms with Crippen LogP contribution in [0.5, 0.6) is 0 Å². The molecule has 0 fully saturated rings. The highest BCUT2D eigenvalue weighted by Crippen LogP contribution is 1.92. The van der Waals surface area contributed by atoms with Gasteiger partial charge in [-0.3, -0.25) is 4.79 Å². The van der Waals surface area contributed by atoms with E-state index in [1.165, 1.54) is 7.11 Å². The number of hydrogen-bond acceptors (Lipinski definition) is 4. The summed E-state index contributed by atoms with van der Waals surface area (Å²) in [4.78, 5) is 11.3. The Bertz CT molecular complexity index is 134. The Morgan fingerprint density at radius 1 is 1.62 bits per heavy atom. The second-order valence-corrected chi connectivity index (χ2v) is 2.41. The number of aliphatic hydroxyl groups is 1. The van der Waals surface area contributed by atoms with Gasteiger partial charge in [-0.1, -0.05) is 0 Å². The first kappa shape index (κ1) is 12.3. The monoisotopic (exact) mass is 191 g/mol. The van der Waals surface area contributed by atoms with Crippen LogP contribution in [0.25, 0.3) is 0 Å². The zero-order valence-corrected chi connectivity index (χ0v) is 8.08.